The van der Waals surface area contributed by atoms with Gasteiger partial charge >= 0.3 is 128 Å². The smallest absolute Gasteiger partial charge is 1.00 e. The summed E-state index contributed by atoms with van der Waals surface area (Å²) in [6.07, 6.45) is 5.11. The number of benzene rings is 2. The molecule has 2 fully saturated rings. The SMILES string of the molecule is C1CCOC1.C1CCOC1.Cc1ccccc1[N](C)[Zr+2][N](C)c1ccccc1C.[Cl-].[Cl-]. The van der Waals surface area contributed by atoms with Crippen LogP contribution in [0.25, 0.3) is 0 Å². The summed E-state index contributed by atoms with van der Waals surface area (Å²) in [5.41, 5.74) is 5.41. The summed E-state index contributed by atoms with van der Waals surface area (Å²) in [4.78, 5) is 0. The first-order chi connectivity index (χ1) is 14.1. The van der Waals surface area contributed by atoms with Crippen molar-refractivity contribution in [1.82, 2.24) is 0 Å². The Morgan fingerprint density at radius 1 is 0.613 bits per heavy atom. The van der Waals surface area contributed by atoms with Gasteiger partial charge in [-0.15, -0.1) is 0 Å². The summed E-state index contributed by atoms with van der Waals surface area (Å²) in [6.45, 7) is 8.36. The molecule has 0 amide bonds. The monoisotopic (exact) mass is 544 g/mol. The number of ether oxygens (including phenoxy) is 2. The van der Waals surface area contributed by atoms with Gasteiger partial charge < -0.3 is 34.3 Å². The molecule has 7 heteroatoms. The summed E-state index contributed by atoms with van der Waals surface area (Å²) in [6, 6.07) is 17.2. The predicted octanol–water partition coefficient (Wildman–Crippen LogP) is -0.610. The first-order valence-electron chi connectivity index (χ1n) is 10.6. The molecular weight excluding hydrogens is 510 g/mol. The van der Waals surface area contributed by atoms with E-state index in [1.807, 2.05) is 0 Å². The fourth-order valence-electron chi connectivity index (χ4n) is 3.23. The molecule has 0 unspecified atom stereocenters. The number of hydrogen-bond donors (Lipinski definition) is 0. The molecule has 0 saturated carbocycles. The molecule has 2 saturated heterocycles. The number of para-hydroxylation sites is 2. The van der Waals surface area contributed by atoms with Crippen molar-refractivity contribution in [3.8, 4) is 0 Å². The van der Waals surface area contributed by atoms with Gasteiger partial charge in [0.2, 0.25) is 0 Å². The summed E-state index contributed by atoms with van der Waals surface area (Å²) in [5, 5.41) is 0. The third-order valence-corrected chi connectivity index (χ3v) is 7.57. The second-order valence-corrected chi connectivity index (χ2v) is 11.2. The second kappa shape index (κ2) is 17.9. The Morgan fingerprint density at radius 2 is 0.935 bits per heavy atom. The average molecular weight is 547 g/mol. The van der Waals surface area contributed by atoms with Crippen molar-refractivity contribution in [1.29, 1.82) is 0 Å². The molecule has 4 rings (SSSR count). The summed E-state index contributed by atoms with van der Waals surface area (Å²) in [5.74, 6) is 0. The van der Waals surface area contributed by atoms with Crippen molar-refractivity contribution in [2.24, 2.45) is 0 Å². The third kappa shape index (κ3) is 11.7. The fourth-order valence-corrected chi connectivity index (χ4v) is 6.10. The molecule has 172 valence electrons. The van der Waals surface area contributed by atoms with E-state index in [9.17, 15) is 0 Å². The van der Waals surface area contributed by atoms with Gasteiger partial charge in [-0.3, -0.25) is 0 Å². The van der Waals surface area contributed by atoms with E-state index in [1.165, 1.54) is 48.2 Å². The zero-order valence-corrected chi connectivity index (χ0v) is 23.2. The molecule has 31 heavy (non-hydrogen) atoms. The van der Waals surface area contributed by atoms with E-state index in [1.54, 1.807) is 0 Å². The van der Waals surface area contributed by atoms with Crippen molar-refractivity contribution in [3.05, 3.63) is 59.7 Å². The second-order valence-electron chi connectivity index (χ2n) is 7.43. The number of nitrogens with zero attached hydrogens (tertiary/aromatic N) is 2. The van der Waals surface area contributed by atoms with Crippen LogP contribution in [0.15, 0.2) is 48.5 Å². The minimum atomic E-state index is -0.822. The van der Waals surface area contributed by atoms with Crippen molar-refractivity contribution in [3.63, 3.8) is 0 Å². The van der Waals surface area contributed by atoms with Crippen LogP contribution < -0.4 is 30.5 Å². The topological polar surface area (TPSA) is 24.9 Å². The van der Waals surface area contributed by atoms with Gasteiger partial charge in [0.25, 0.3) is 0 Å². The molecule has 0 spiro atoms. The largest absolute Gasteiger partial charge is 1.00 e. The quantitative estimate of drug-likeness (QED) is 0.511. The normalized spacial score (nSPS) is 13.8. The first kappa shape index (κ1) is 30.4. The molecule has 2 heterocycles. The molecule has 0 N–H and O–H groups in total. The van der Waals surface area contributed by atoms with Gasteiger partial charge in [-0.1, -0.05) is 0 Å². The summed E-state index contributed by atoms with van der Waals surface area (Å²) < 4.78 is 14.8. The zero-order chi connectivity index (χ0) is 20.9. The van der Waals surface area contributed by atoms with Crippen molar-refractivity contribution >= 4 is 11.4 Å². The van der Waals surface area contributed by atoms with Crippen LogP contribution in [0.3, 0.4) is 0 Å². The fraction of sp³-hybridized carbons (Fsp3) is 0.500. The zero-order valence-electron chi connectivity index (χ0n) is 19.2. The third-order valence-electron chi connectivity index (χ3n) is 4.91. The van der Waals surface area contributed by atoms with Gasteiger partial charge in [0.1, 0.15) is 0 Å². The molecular formula is C24H36Cl2N2O2Zr. The maximum atomic E-state index is 4.94. The van der Waals surface area contributed by atoms with Crippen LogP contribution in [0.2, 0.25) is 0 Å². The Morgan fingerprint density at radius 3 is 1.19 bits per heavy atom. The van der Waals surface area contributed by atoms with Crippen LogP contribution in [-0.4, -0.2) is 40.5 Å². The predicted molar refractivity (Wildman–Crippen MR) is 119 cm³/mol. The van der Waals surface area contributed by atoms with Crippen LogP contribution in [0.4, 0.5) is 11.4 Å². The standard InChI is InChI=1S/2C8H10N.2C4H8O.2ClH.Zr/c2*1-7-5-3-4-6-8(7)9-2;2*1-2-4-5-3-1;;;/h2*3-6H,1-2H3;2*1-4H2;2*1H;/q2*-1;;;;;+4/p-2. The van der Waals surface area contributed by atoms with E-state index in [-0.39, 0.29) is 24.8 Å². The molecule has 2 aromatic carbocycles. The Balaban J connectivity index is 0.000000615. The van der Waals surface area contributed by atoms with Crippen LogP contribution in [0, 0.1) is 13.8 Å². The van der Waals surface area contributed by atoms with Crippen LogP contribution >= 0.6 is 0 Å². The first-order valence-corrected chi connectivity index (χ1v) is 12.8. The number of rotatable bonds is 4. The van der Waals surface area contributed by atoms with E-state index in [0.717, 1.165) is 26.4 Å². The van der Waals surface area contributed by atoms with Gasteiger partial charge in [0.15, 0.2) is 0 Å². The van der Waals surface area contributed by atoms with E-state index in [2.05, 4.69) is 82.2 Å². The molecule has 0 aliphatic carbocycles. The molecule has 0 bridgehead atoms. The van der Waals surface area contributed by atoms with Crippen LogP contribution in [0.1, 0.15) is 36.8 Å². The van der Waals surface area contributed by atoms with Crippen LogP contribution in [-0.2, 0) is 33.3 Å². The maximum Gasteiger partial charge on any atom is -1.00 e. The van der Waals surface area contributed by atoms with Gasteiger partial charge in [-0.05, 0) is 25.7 Å². The molecule has 2 aliphatic heterocycles. The molecule has 0 radical (unpaired) electrons. The van der Waals surface area contributed by atoms with Gasteiger partial charge in [-0.25, -0.2) is 0 Å². The van der Waals surface area contributed by atoms with Gasteiger partial charge in [0, 0.05) is 26.4 Å². The summed E-state index contributed by atoms with van der Waals surface area (Å²) >= 11 is -0.822. The number of aryl methyl sites for hydroxylation is 2. The Hall–Kier alpha value is -0.577. The summed E-state index contributed by atoms with van der Waals surface area (Å²) in [7, 11) is 4.42. The molecule has 2 aliphatic rings. The van der Waals surface area contributed by atoms with Gasteiger partial charge in [0.05, 0.1) is 0 Å². The van der Waals surface area contributed by atoms with Crippen molar-refractivity contribution in [2.45, 2.75) is 39.5 Å². The Labute approximate surface area is 213 Å². The van der Waals surface area contributed by atoms with Crippen molar-refractivity contribution < 1.29 is 58.1 Å². The van der Waals surface area contributed by atoms with E-state index in [4.69, 9.17) is 9.47 Å². The number of halogens is 2. The molecule has 2 aromatic rings. The molecule has 4 nitrogen and oxygen atoms in total. The van der Waals surface area contributed by atoms with Crippen molar-refractivity contribution in [2.75, 3.05) is 46.2 Å². The minimum Gasteiger partial charge on any atom is -1.00 e. The minimum absolute atomic E-state index is 0. The number of anilines is 2. The molecule has 0 aromatic heterocycles. The average Bonchev–Trinajstić information content (AvgIpc) is 3.47. The Kier molecular flexibility index (Phi) is 17.6. The van der Waals surface area contributed by atoms with E-state index >= 15 is 0 Å². The van der Waals surface area contributed by atoms with E-state index < -0.39 is 23.8 Å². The molecule has 0 atom stereocenters. The number of hydrogen-bond acceptors (Lipinski definition) is 4. The Bertz CT molecular complexity index is 639. The van der Waals surface area contributed by atoms with Crippen LogP contribution in [0.5, 0.6) is 0 Å². The maximum absolute atomic E-state index is 4.94. The van der Waals surface area contributed by atoms with E-state index in [0.29, 0.717) is 0 Å². The van der Waals surface area contributed by atoms with Gasteiger partial charge in [-0.2, -0.15) is 0 Å².